The summed E-state index contributed by atoms with van der Waals surface area (Å²) in [5, 5.41) is 3.35. The number of aryl methyl sites for hydroxylation is 1. The summed E-state index contributed by atoms with van der Waals surface area (Å²) in [6.45, 7) is 12.8. The first-order valence-electron chi connectivity index (χ1n) is 13.7. The van der Waals surface area contributed by atoms with Gasteiger partial charge in [-0.2, -0.15) is 0 Å². The van der Waals surface area contributed by atoms with Gasteiger partial charge in [0.05, 0.1) is 17.8 Å². The first-order valence-corrected chi connectivity index (χ1v) is 14.5. The number of carbonyl (C=O) groups excluding carboxylic acids is 1. The van der Waals surface area contributed by atoms with Crippen molar-refractivity contribution in [3.05, 3.63) is 21.4 Å². The van der Waals surface area contributed by atoms with E-state index in [2.05, 4.69) is 44.0 Å². The minimum absolute atomic E-state index is 0.0550. The standard InChI is InChI=1S/C28H44N2O3S/c1-5-23-16-24-25(34-23)8-13-33-28(24)10-11-30(19(2)17-28)18-20-14-22(15-20)29-26(31)21-6-9-27(3,4)32-12-7-21/h16,19-22H,5-15,17-18H2,1-4H3,(H,29,31)/t19-,20?,21?,22?,28+/m0/s1. The lowest BCUT2D eigenvalue weighted by Gasteiger charge is -2.49. The maximum Gasteiger partial charge on any atom is 0.223 e. The summed E-state index contributed by atoms with van der Waals surface area (Å²) in [5.74, 6) is 1.07. The van der Waals surface area contributed by atoms with Crippen LogP contribution in [0, 0.1) is 11.8 Å². The second kappa shape index (κ2) is 9.84. The van der Waals surface area contributed by atoms with Gasteiger partial charge in [-0.3, -0.25) is 4.79 Å². The number of amides is 1. The summed E-state index contributed by atoms with van der Waals surface area (Å²) in [5.41, 5.74) is 1.36. The average molecular weight is 489 g/mol. The molecule has 0 bridgehead atoms. The molecule has 4 aliphatic rings. The van der Waals surface area contributed by atoms with E-state index in [-0.39, 0.29) is 23.0 Å². The molecule has 5 nitrogen and oxygen atoms in total. The molecule has 2 saturated heterocycles. The third-order valence-electron chi connectivity index (χ3n) is 8.96. The molecule has 1 spiro atoms. The number of hydrogen-bond acceptors (Lipinski definition) is 5. The van der Waals surface area contributed by atoms with Crippen molar-refractivity contribution in [1.29, 1.82) is 0 Å². The topological polar surface area (TPSA) is 50.8 Å². The summed E-state index contributed by atoms with van der Waals surface area (Å²) in [6.07, 6.45) is 9.43. The Bertz CT molecular complexity index is 877. The Kier molecular flexibility index (Phi) is 7.15. The van der Waals surface area contributed by atoms with E-state index < -0.39 is 0 Å². The van der Waals surface area contributed by atoms with Crippen LogP contribution in [0.1, 0.15) is 88.0 Å². The lowest BCUT2D eigenvalue weighted by atomic mass is 9.76. The zero-order chi connectivity index (χ0) is 23.9. The molecule has 1 amide bonds. The number of nitrogens with zero attached hydrogens (tertiary/aromatic N) is 1. The monoisotopic (exact) mass is 488 g/mol. The second-order valence-electron chi connectivity index (χ2n) is 12.0. The molecule has 4 heterocycles. The van der Waals surface area contributed by atoms with E-state index in [1.165, 1.54) is 10.4 Å². The highest BCUT2D eigenvalue weighted by Crippen LogP contribution is 2.46. The van der Waals surface area contributed by atoms with Gasteiger partial charge in [0, 0.05) is 53.9 Å². The molecule has 0 radical (unpaired) electrons. The van der Waals surface area contributed by atoms with Crippen LogP contribution in [-0.2, 0) is 32.7 Å². The molecule has 190 valence electrons. The Balaban J connectivity index is 1.09. The van der Waals surface area contributed by atoms with E-state index in [9.17, 15) is 4.79 Å². The minimum atomic E-state index is -0.0910. The van der Waals surface area contributed by atoms with E-state index >= 15 is 0 Å². The third-order valence-corrected chi connectivity index (χ3v) is 10.3. The van der Waals surface area contributed by atoms with Crippen molar-refractivity contribution in [2.45, 2.75) is 109 Å². The SMILES string of the molecule is CCc1cc2c(s1)CCO[C@@]21CCN(CC2CC(NC(=O)C3CCOC(C)(C)CC3)C2)[C@@H](C)C1. The zero-order valence-corrected chi connectivity index (χ0v) is 22.5. The molecule has 3 aliphatic heterocycles. The van der Waals surface area contributed by atoms with Gasteiger partial charge in [-0.1, -0.05) is 6.92 Å². The number of hydrogen-bond donors (Lipinski definition) is 1. The minimum Gasteiger partial charge on any atom is -0.376 e. The number of thiophene rings is 1. The van der Waals surface area contributed by atoms with Gasteiger partial charge in [-0.05, 0) is 89.7 Å². The highest BCUT2D eigenvalue weighted by atomic mass is 32.1. The van der Waals surface area contributed by atoms with Crippen molar-refractivity contribution in [2.24, 2.45) is 11.8 Å². The number of likely N-dealkylation sites (tertiary alicyclic amines) is 1. The predicted octanol–water partition coefficient (Wildman–Crippen LogP) is 5.05. The molecular weight excluding hydrogens is 444 g/mol. The quantitative estimate of drug-likeness (QED) is 0.630. The van der Waals surface area contributed by atoms with Crippen LogP contribution in [0.25, 0.3) is 0 Å². The molecular formula is C28H44N2O3S. The Labute approximate surface area is 210 Å². The molecule has 5 rings (SSSR count). The Morgan fingerprint density at radius 3 is 2.79 bits per heavy atom. The van der Waals surface area contributed by atoms with E-state index in [1.807, 2.05) is 11.3 Å². The number of carbonyl (C=O) groups is 1. The van der Waals surface area contributed by atoms with Gasteiger partial charge < -0.3 is 19.7 Å². The fourth-order valence-corrected chi connectivity index (χ4v) is 7.86. The molecule has 3 fully saturated rings. The molecule has 1 aliphatic carbocycles. The van der Waals surface area contributed by atoms with E-state index in [1.54, 1.807) is 4.88 Å². The third kappa shape index (κ3) is 5.11. The highest BCUT2D eigenvalue weighted by Gasteiger charge is 2.45. The molecule has 1 aromatic rings. The number of rotatable bonds is 5. The fourth-order valence-electron chi connectivity index (χ4n) is 6.68. The summed E-state index contributed by atoms with van der Waals surface area (Å²) in [7, 11) is 0. The van der Waals surface area contributed by atoms with Crippen LogP contribution in [-0.4, -0.2) is 54.8 Å². The largest absolute Gasteiger partial charge is 0.376 e. The van der Waals surface area contributed by atoms with Gasteiger partial charge in [0.1, 0.15) is 0 Å². The number of nitrogens with one attached hydrogen (secondary N) is 1. The fraction of sp³-hybridized carbons (Fsp3) is 0.821. The van der Waals surface area contributed by atoms with Crippen LogP contribution in [0.15, 0.2) is 6.07 Å². The first kappa shape index (κ1) is 24.7. The predicted molar refractivity (Wildman–Crippen MR) is 137 cm³/mol. The van der Waals surface area contributed by atoms with E-state index in [0.717, 1.165) is 77.5 Å². The second-order valence-corrected chi connectivity index (χ2v) is 13.2. The van der Waals surface area contributed by atoms with Crippen LogP contribution >= 0.6 is 11.3 Å². The van der Waals surface area contributed by atoms with Crippen LogP contribution < -0.4 is 5.32 Å². The smallest absolute Gasteiger partial charge is 0.223 e. The summed E-state index contributed by atoms with van der Waals surface area (Å²) in [6, 6.07) is 3.35. The molecule has 1 N–H and O–H groups in total. The average Bonchev–Trinajstić information content (AvgIpc) is 3.12. The lowest BCUT2D eigenvalue weighted by molar-refractivity contribution is -0.127. The van der Waals surface area contributed by atoms with Crippen molar-refractivity contribution < 1.29 is 14.3 Å². The van der Waals surface area contributed by atoms with E-state index in [4.69, 9.17) is 9.47 Å². The van der Waals surface area contributed by atoms with Gasteiger partial charge in [0.2, 0.25) is 5.91 Å². The summed E-state index contributed by atoms with van der Waals surface area (Å²) >= 11 is 2.01. The number of fused-ring (bicyclic) bond motifs is 2. The molecule has 6 heteroatoms. The zero-order valence-electron chi connectivity index (χ0n) is 21.7. The Morgan fingerprint density at radius 1 is 1.21 bits per heavy atom. The van der Waals surface area contributed by atoms with Crippen LogP contribution in [0.2, 0.25) is 0 Å². The van der Waals surface area contributed by atoms with Gasteiger partial charge in [-0.25, -0.2) is 0 Å². The van der Waals surface area contributed by atoms with Gasteiger partial charge in [-0.15, -0.1) is 11.3 Å². The van der Waals surface area contributed by atoms with Gasteiger partial charge in [0.25, 0.3) is 0 Å². The molecule has 1 saturated carbocycles. The highest BCUT2D eigenvalue weighted by molar-refractivity contribution is 7.12. The lowest BCUT2D eigenvalue weighted by Crippen LogP contribution is -2.54. The molecule has 1 aromatic heterocycles. The van der Waals surface area contributed by atoms with Crippen molar-refractivity contribution in [3.8, 4) is 0 Å². The van der Waals surface area contributed by atoms with Crippen LogP contribution in [0.4, 0.5) is 0 Å². The van der Waals surface area contributed by atoms with Crippen LogP contribution in [0.3, 0.4) is 0 Å². The molecule has 3 atom stereocenters. The Morgan fingerprint density at radius 2 is 2.03 bits per heavy atom. The van der Waals surface area contributed by atoms with E-state index in [0.29, 0.717) is 24.6 Å². The van der Waals surface area contributed by atoms with Gasteiger partial charge in [0.15, 0.2) is 0 Å². The van der Waals surface area contributed by atoms with Crippen molar-refractivity contribution in [1.82, 2.24) is 10.2 Å². The number of ether oxygens (including phenoxy) is 2. The van der Waals surface area contributed by atoms with Crippen molar-refractivity contribution in [2.75, 3.05) is 26.3 Å². The first-order chi connectivity index (χ1) is 16.3. The van der Waals surface area contributed by atoms with Crippen molar-refractivity contribution >= 4 is 17.2 Å². The van der Waals surface area contributed by atoms with Crippen LogP contribution in [0.5, 0.6) is 0 Å². The molecule has 34 heavy (non-hydrogen) atoms. The molecule has 1 unspecified atom stereocenters. The summed E-state index contributed by atoms with van der Waals surface area (Å²) in [4.78, 5) is 18.6. The van der Waals surface area contributed by atoms with Gasteiger partial charge >= 0.3 is 0 Å². The molecule has 0 aromatic carbocycles. The maximum atomic E-state index is 12.8. The maximum absolute atomic E-state index is 12.8. The summed E-state index contributed by atoms with van der Waals surface area (Å²) < 4.78 is 12.4. The van der Waals surface area contributed by atoms with Crippen molar-refractivity contribution in [3.63, 3.8) is 0 Å². The normalized spacial score (nSPS) is 35.9. The Hall–Kier alpha value is -0.950. The number of piperidine rings is 1.